The van der Waals surface area contributed by atoms with Crippen LogP contribution >= 0.6 is 23.5 Å². The average Bonchev–Trinajstić information content (AvgIpc) is 2.88. The van der Waals surface area contributed by atoms with Crippen molar-refractivity contribution < 1.29 is 18.3 Å². The molecule has 0 aromatic rings. The molecule has 2 heterocycles. The third kappa shape index (κ3) is 12.1. The van der Waals surface area contributed by atoms with E-state index in [0.29, 0.717) is 17.1 Å². The van der Waals surface area contributed by atoms with E-state index in [0.717, 1.165) is 25.7 Å². The number of methoxy groups -OCH3 is 1. The monoisotopic (exact) mass is 644 g/mol. The molecule has 41 heavy (non-hydrogen) atoms. The zero-order valence-corrected chi connectivity index (χ0v) is 32.4. The van der Waals surface area contributed by atoms with Gasteiger partial charge < -0.3 is 18.3 Å². The zero-order chi connectivity index (χ0) is 31.1. The number of ether oxygens (including phenoxy) is 2. The summed E-state index contributed by atoms with van der Waals surface area (Å²) in [4.78, 5) is 0. The Morgan fingerprint density at radius 3 is 2.17 bits per heavy atom. The molecule has 0 aliphatic carbocycles. The largest absolute Gasteiger partial charge is 0.414 e. The molecule has 8 heteroatoms. The van der Waals surface area contributed by atoms with Crippen molar-refractivity contribution in [2.75, 3.05) is 25.2 Å². The van der Waals surface area contributed by atoms with Crippen LogP contribution in [-0.2, 0) is 18.3 Å². The molecule has 4 nitrogen and oxygen atoms in total. The van der Waals surface area contributed by atoms with E-state index in [1.165, 1.54) is 23.5 Å². The molecule has 0 N–H and O–H groups in total. The van der Waals surface area contributed by atoms with Crippen LogP contribution in [0.25, 0.3) is 0 Å². The van der Waals surface area contributed by atoms with Gasteiger partial charge in [0.05, 0.1) is 35.6 Å². The SMILES string of the molecule is CO[C@@H](C[C@@H]1CC=C[C@@H](C[C@H](C/C=C(\C)CO[Si](C)(C)C(C)(C)C)O[Si](C)(C)C(C)(C)C)O1)[C@@H](C)C1SCCCS1. The lowest BCUT2D eigenvalue weighted by Crippen LogP contribution is -2.45. The molecule has 0 unspecified atom stereocenters. The minimum absolute atomic E-state index is 0.0759. The minimum atomic E-state index is -1.94. The van der Waals surface area contributed by atoms with Crippen LogP contribution in [0.5, 0.6) is 0 Å². The molecule has 0 amide bonds. The van der Waals surface area contributed by atoms with Gasteiger partial charge in [-0.3, -0.25) is 0 Å². The summed E-state index contributed by atoms with van der Waals surface area (Å²) in [6, 6.07) is 0. The van der Waals surface area contributed by atoms with Gasteiger partial charge in [0.25, 0.3) is 0 Å². The topological polar surface area (TPSA) is 36.9 Å². The minimum Gasteiger partial charge on any atom is -0.414 e. The number of thioether (sulfide) groups is 2. The smallest absolute Gasteiger partial charge is 0.192 e. The van der Waals surface area contributed by atoms with Crippen LogP contribution in [0.3, 0.4) is 0 Å². The zero-order valence-electron chi connectivity index (χ0n) is 28.8. The molecule has 0 bridgehead atoms. The molecule has 1 saturated heterocycles. The lowest BCUT2D eigenvalue weighted by atomic mass is 9.96. The van der Waals surface area contributed by atoms with Gasteiger partial charge in [0.2, 0.25) is 0 Å². The summed E-state index contributed by atoms with van der Waals surface area (Å²) in [5, 5.41) is 0.383. The summed E-state index contributed by atoms with van der Waals surface area (Å²) in [6.07, 6.45) is 12.6. The van der Waals surface area contributed by atoms with Crippen LogP contribution in [0.1, 0.15) is 87.5 Å². The maximum Gasteiger partial charge on any atom is 0.192 e. The maximum absolute atomic E-state index is 7.03. The molecular weight excluding hydrogens is 581 g/mol. The molecule has 0 aromatic carbocycles. The second-order valence-electron chi connectivity index (χ2n) is 15.4. The highest BCUT2D eigenvalue weighted by molar-refractivity contribution is 8.17. The lowest BCUT2D eigenvalue weighted by Gasteiger charge is -2.40. The summed E-state index contributed by atoms with van der Waals surface area (Å²) < 4.78 is 27.0. The number of rotatable bonds is 14. The highest BCUT2D eigenvalue weighted by Crippen LogP contribution is 2.41. The quantitative estimate of drug-likeness (QED) is 0.138. The van der Waals surface area contributed by atoms with Crippen LogP contribution < -0.4 is 0 Å². The Morgan fingerprint density at radius 2 is 1.61 bits per heavy atom. The first-order valence-corrected chi connectivity index (χ1v) is 23.8. The molecule has 0 aromatic heterocycles. The highest BCUT2D eigenvalue weighted by atomic mass is 32.2. The Kier molecular flexibility index (Phi) is 14.8. The second kappa shape index (κ2) is 16.1. The maximum atomic E-state index is 7.03. The first kappa shape index (κ1) is 37.6. The van der Waals surface area contributed by atoms with Gasteiger partial charge in [-0.2, -0.15) is 0 Å². The van der Waals surface area contributed by atoms with Crippen LogP contribution in [0.2, 0.25) is 36.3 Å². The second-order valence-corrected chi connectivity index (χ2v) is 27.7. The highest BCUT2D eigenvalue weighted by Gasteiger charge is 2.40. The molecule has 5 atom stereocenters. The van der Waals surface area contributed by atoms with Crippen LogP contribution in [0.15, 0.2) is 23.8 Å². The van der Waals surface area contributed by atoms with Gasteiger partial charge in [-0.25, -0.2) is 0 Å². The molecule has 1 fully saturated rings. The van der Waals surface area contributed by atoms with Crippen LogP contribution in [0.4, 0.5) is 0 Å². The van der Waals surface area contributed by atoms with Crippen molar-refractivity contribution in [3.8, 4) is 0 Å². The van der Waals surface area contributed by atoms with Crippen molar-refractivity contribution in [1.82, 2.24) is 0 Å². The van der Waals surface area contributed by atoms with Gasteiger partial charge in [-0.15, -0.1) is 23.5 Å². The molecule has 2 rings (SSSR count). The lowest BCUT2D eigenvalue weighted by molar-refractivity contribution is -0.0524. The normalized spacial score (nSPS) is 24.4. The van der Waals surface area contributed by atoms with Gasteiger partial charge in [-0.05, 0) is 74.0 Å². The van der Waals surface area contributed by atoms with E-state index in [1.54, 1.807) is 0 Å². The van der Waals surface area contributed by atoms with Crippen LogP contribution in [-0.4, -0.2) is 70.9 Å². The fourth-order valence-corrected chi connectivity index (χ4v) is 10.3. The first-order valence-electron chi connectivity index (χ1n) is 15.9. The van der Waals surface area contributed by atoms with Gasteiger partial charge in [0, 0.05) is 25.9 Å². The molecule has 0 saturated carbocycles. The van der Waals surface area contributed by atoms with Crippen molar-refractivity contribution >= 4 is 40.2 Å². The van der Waals surface area contributed by atoms with Crippen LogP contribution in [0, 0.1) is 5.92 Å². The van der Waals surface area contributed by atoms with E-state index in [4.69, 9.17) is 18.3 Å². The number of hydrogen-bond acceptors (Lipinski definition) is 6. The molecule has 2 aliphatic heterocycles. The van der Waals surface area contributed by atoms with E-state index < -0.39 is 16.6 Å². The first-order chi connectivity index (χ1) is 18.9. The van der Waals surface area contributed by atoms with Crippen molar-refractivity contribution in [2.45, 2.75) is 153 Å². The Bertz CT molecular complexity index is 841. The summed E-state index contributed by atoms with van der Waals surface area (Å²) in [5.74, 6) is 3.06. The molecule has 240 valence electrons. The van der Waals surface area contributed by atoms with Gasteiger partial charge in [-0.1, -0.05) is 72.3 Å². The predicted molar refractivity (Wildman–Crippen MR) is 189 cm³/mol. The molecule has 0 radical (unpaired) electrons. The Morgan fingerprint density at radius 1 is 1.00 bits per heavy atom. The van der Waals surface area contributed by atoms with E-state index in [-0.39, 0.29) is 34.5 Å². The standard InChI is InChI=1S/C33H64O4S2Si2/c1-25(24-35-40(10,11)32(3,4)5)18-19-29(37-41(12,13)33(6,7)8)22-27-16-14-17-28(36-27)23-30(34-9)26(2)31-38-20-15-21-39-31/h14,16,18,26-31H,15,17,19-24H2,1-13H3/b25-18+/t26-,27+,28+,29+,30+/m1/s1. The molecular formula is C33H64O4S2Si2. The average molecular weight is 645 g/mol. The fraction of sp³-hybridized carbons (Fsp3) is 0.879. The summed E-state index contributed by atoms with van der Waals surface area (Å²) in [7, 11) is -1.84. The van der Waals surface area contributed by atoms with Crippen molar-refractivity contribution in [2.24, 2.45) is 5.92 Å². The summed E-state index contributed by atoms with van der Waals surface area (Å²) >= 11 is 4.22. The number of hydrogen-bond donors (Lipinski definition) is 0. The Balaban J connectivity index is 2.07. The van der Waals surface area contributed by atoms with Gasteiger partial charge in [0.1, 0.15) is 0 Å². The molecule has 2 aliphatic rings. The van der Waals surface area contributed by atoms with Gasteiger partial charge >= 0.3 is 0 Å². The summed E-state index contributed by atoms with van der Waals surface area (Å²) in [6.45, 7) is 28.5. The predicted octanol–water partition coefficient (Wildman–Crippen LogP) is 10.1. The van der Waals surface area contributed by atoms with E-state index >= 15 is 0 Å². The Labute approximate surface area is 265 Å². The van der Waals surface area contributed by atoms with Crippen molar-refractivity contribution in [3.05, 3.63) is 23.8 Å². The van der Waals surface area contributed by atoms with E-state index in [1.807, 2.05) is 7.11 Å². The molecule has 0 spiro atoms. The van der Waals surface area contributed by atoms with Crippen molar-refractivity contribution in [3.63, 3.8) is 0 Å². The van der Waals surface area contributed by atoms with Crippen molar-refractivity contribution in [1.29, 1.82) is 0 Å². The van der Waals surface area contributed by atoms with E-state index in [2.05, 4.69) is 123 Å². The third-order valence-electron chi connectivity index (χ3n) is 9.74. The van der Waals surface area contributed by atoms with E-state index in [9.17, 15) is 0 Å². The Hall–Kier alpha value is 0.454. The fourth-order valence-electron chi connectivity index (χ4n) is 4.73. The summed E-state index contributed by atoms with van der Waals surface area (Å²) in [5.41, 5.74) is 1.30. The van der Waals surface area contributed by atoms with Gasteiger partial charge in [0.15, 0.2) is 16.6 Å². The third-order valence-corrected chi connectivity index (χ3v) is 22.1.